The standard InChI is InChI=1S/C20H26N4O.ClH/c25-20(22-13-11-15-6-5-12-21-14-15)19-17-9-4-10-18(17)24(23-19)16-7-2-1-3-8-16;/h1-3,7-8,15,21H,4-6,9-14H2,(H,22,25);1H. The van der Waals surface area contributed by atoms with Gasteiger partial charge in [-0.25, -0.2) is 4.68 Å². The molecule has 1 saturated heterocycles. The summed E-state index contributed by atoms with van der Waals surface area (Å²) in [6.45, 7) is 2.94. The fourth-order valence-corrected chi connectivity index (χ4v) is 4.05. The van der Waals surface area contributed by atoms with Gasteiger partial charge in [0.2, 0.25) is 0 Å². The van der Waals surface area contributed by atoms with E-state index in [9.17, 15) is 4.79 Å². The average molecular weight is 375 g/mol. The SMILES string of the molecule is Cl.O=C(NCCC1CCCNC1)c1nn(-c2ccccc2)c2c1CCC2. The summed E-state index contributed by atoms with van der Waals surface area (Å²) >= 11 is 0. The maximum atomic E-state index is 12.7. The summed E-state index contributed by atoms with van der Waals surface area (Å²) in [6, 6.07) is 10.1. The van der Waals surface area contributed by atoms with Crippen LogP contribution in [0.3, 0.4) is 0 Å². The average Bonchev–Trinajstić information content (AvgIpc) is 3.26. The summed E-state index contributed by atoms with van der Waals surface area (Å²) in [5, 5.41) is 11.2. The number of carbonyl (C=O) groups excluding carboxylic acids is 1. The fraction of sp³-hybridized carbons (Fsp3) is 0.500. The molecule has 2 aromatic rings. The lowest BCUT2D eigenvalue weighted by Crippen LogP contribution is -2.33. The minimum Gasteiger partial charge on any atom is -0.351 e. The second-order valence-electron chi connectivity index (χ2n) is 7.13. The Kier molecular flexibility index (Phi) is 6.33. The number of nitrogens with one attached hydrogen (secondary N) is 2. The maximum Gasteiger partial charge on any atom is 0.272 e. The highest BCUT2D eigenvalue weighted by Gasteiger charge is 2.26. The number of aromatic nitrogens is 2. The largest absolute Gasteiger partial charge is 0.351 e. The van der Waals surface area contributed by atoms with Crippen molar-refractivity contribution in [2.75, 3.05) is 19.6 Å². The minimum atomic E-state index is -0.0170. The number of rotatable bonds is 5. The van der Waals surface area contributed by atoms with Crippen LogP contribution in [0.25, 0.3) is 5.69 Å². The van der Waals surface area contributed by atoms with Crippen LogP contribution in [0, 0.1) is 5.92 Å². The van der Waals surface area contributed by atoms with Crippen LogP contribution in [0.4, 0.5) is 0 Å². The van der Waals surface area contributed by atoms with Gasteiger partial charge in [0, 0.05) is 17.8 Å². The molecule has 6 heteroatoms. The van der Waals surface area contributed by atoms with Crippen molar-refractivity contribution >= 4 is 18.3 Å². The van der Waals surface area contributed by atoms with E-state index in [0.717, 1.165) is 56.6 Å². The van der Waals surface area contributed by atoms with Crippen molar-refractivity contribution < 1.29 is 4.79 Å². The smallest absolute Gasteiger partial charge is 0.272 e. The first-order chi connectivity index (χ1) is 12.3. The molecule has 2 N–H and O–H groups in total. The molecule has 1 aliphatic carbocycles. The van der Waals surface area contributed by atoms with Gasteiger partial charge in [0.05, 0.1) is 5.69 Å². The van der Waals surface area contributed by atoms with Gasteiger partial charge < -0.3 is 10.6 Å². The summed E-state index contributed by atoms with van der Waals surface area (Å²) in [5.41, 5.74) is 4.00. The molecule has 140 valence electrons. The van der Waals surface area contributed by atoms with Gasteiger partial charge in [0.15, 0.2) is 5.69 Å². The molecule has 0 spiro atoms. The van der Waals surface area contributed by atoms with Crippen molar-refractivity contribution in [2.24, 2.45) is 5.92 Å². The molecule has 1 atom stereocenters. The Morgan fingerprint density at radius 2 is 2.08 bits per heavy atom. The number of halogens is 1. The van der Waals surface area contributed by atoms with Crippen LogP contribution >= 0.6 is 12.4 Å². The Hall–Kier alpha value is -1.85. The Bertz CT molecular complexity index is 738. The van der Waals surface area contributed by atoms with E-state index in [0.29, 0.717) is 11.6 Å². The normalized spacial score (nSPS) is 18.8. The molecule has 2 aliphatic rings. The molecule has 1 fully saturated rings. The zero-order valence-corrected chi connectivity index (χ0v) is 15.9. The molecule has 0 radical (unpaired) electrons. The first-order valence-electron chi connectivity index (χ1n) is 9.48. The maximum absolute atomic E-state index is 12.7. The zero-order chi connectivity index (χ0) is 17.1. The van der Waals surface area contributed by atoms with E-state index in [1.54, 1.807) is 0 Å². The van der Waals surface area contributed by atoms with E-state index in [-0.39, 0.29) is 18.3 Å². The van der Waals surface area contributed by atoms with Gasteiger partial charge in [-0.05, 0) is 69.7 Å². The lowest BCUT2D eigenvalue weighted by molar-refractivity contribution is 0.0944. The third-order valence-electron chi connectivity index (χ3n) is 5.38. The van der Waals surface area contributed by atoms with Crippen LogP contribution in [0.15, 0.2) is 30.3 Å². The van der Waals surface area contributed by atoms with Crippen molar-refractivity contribution in [1.82, 2.24) is 20.4 Å². The number of hydrogen-bond donors (Lipinski definition) is 2. The summed E-state index contributed by atoms with van der Waals surface area (Å²) in [7, 11) is 0. The molecule has 1 unspecified atom stereocenters. The van der Waals surface area contributed by atoms with E-state index < -0.39 is 0 Å². The number of hydrogen-bond acceptors (Lipinski definition) is 3. The Labute approximate surface area is 161 Å². The molecule has 26 heavy (non-hydrogen) atoms. The predicted octanol–water partition coefficient (Wildman–Crippen LogP) is 2.90. The first-order valence-corrected chi connectivity index (χ1v) is 9.48. The van der Waals surface area contributed by atoms with Gasteiger partial charge in [-0.15, -0.1) is 12.4 Å². The highest BCUT2D eigenvalue weighted by molar-refractivity contribution is 5.94. The lowest BCUT2D eigenvalue weighted by atomic mass is 9.96. The van der Waals surface area contributed by atoms with Crippen molar-refractivity contribution in [2.45, 2.75) is 38.5 Å². The van der Waals surface area contributed by atoms with Crippen LogP contribution in [-0.4, -0.2) is 35.3 Å². The van der Waals surface area contributed by atoms with E-state index in [1.807, 2.05) is 35.0 Å². The molecule has 0 saturated carbocycles. The second-order valence-corrected chi connectivity index (χ2v) is 7.13. The molecule has 1 aliphatic heterocycles. The Morgan fingerprint density at radius 3 is 2.85 bits per heavy atom. The summed E-state index contributed by atoms with van der Waals surface area (Å²) in [5.74, 6) is 0.665. The van der Waals surface area contributed by atoms with Gasteiger partial charge >= 0.3 is 0 Å². The summed E-state index contributed by atoms with van der Waals surface area (Å²) in [6.07, 6.45) is 6.61. The van der Waals surface area contributed by atoms with Crippen LogP contribution in [0.1, 0.15) is 47.4 Å². The second kappa shape index (κ2) is 8.69. The fourth-order valence-electron chi connectivity index (χ4n) is 4.05. The molecule has 4 rings (SSSR count). The topological polar surface area (TPSA) is 59.0 Å². The van der Waals surface area contributed by atoms with Crippen LogP contribution in [0.2, 0.25) is 0 Å². The van der Waals surface area contributed by atoms with E-state index >= 15 is 0 Å². The minimum absolute atomic E-state index is 0. The first kappa shape index (κ1) is 18.9. The van der Waals surface area contributed by atoms with Crippen molar-refractivity contribution in [3.05, 3.63) is 47.3 Å². The Balaban J connectivity index is 0.00000196. The number of amides is 1. The van der Waals surface area contributed by atoms with E-state index in [1.165, 1.54) is 18.5 Å². The summed E-state index contributed by atoms with van der Waals surface area (Å²) < 4.78 is 1.96. The number of benzene rings is 1. The zero-order valence-electron chi connectivity index (χ0n) is 15.0. The predicted molar refractivity (Wildman–Crippen MR) is 105 cm³/mol. The number of fused-ring (bicyclic) bond motifs is 1. The molecular weight excluding hydrogens is 348 g/mol. The summed E-state index contributed by atoms with van der Waals surface area (Å²) in [4.78, 5) is 12.7. The number of carbonyl (C=O) groups is 1. The van der Waals surface area contributed by atoms with Gasteiger partial charge in [-0.1, -0.05) is 18.2 Å². The van der Waals surface area contributed by atoms with Crippen molar-refractivity contribution in [3.8, 4) is 5.69 Å². The molecular formula is C20H27ClN4O. The van der Waals surface area contributed by atoms with Crippen LogP contribution in [-0.2, 0) is 12.8 Å². The molecule has 1 aromatic heterocycles. The third kappa shape index (κ3) is 3.94. The molecule has 5 nitrogen and oxygen atoms in total. The quantitative estimate of drug-likeness (QED) is 0.846. The van der Waals surface area contributed by atoms with E-state index in [4.69, 9.17) is 0 Å². The number of piperidine rings is 1. The Morgan fingerprint density at radius 1 is 1.23 bits per heavy atom. The monoisotopic (exact) mass is 374 g/mol. The van der Waals surface area contributed by atoms with E-state index in [2.05, 4.69) is 15.7 Å². The van der Waals surface area contributed by atoms with Gasteiger partial charge in [-0.2, -0.15) is 5.10 Å². The van der Waals surface area contributed by atoms with Gasteiger partial charge in [0.25, 0.3) is 5.91 Å². The molecule has 2 heterocycles. The van der Waals surface area contributed by atoms with Crippen molar-refractivity contribution in [1.29, 1.82) is 0 Å². The van der Waals surface area contributed by atoms with Crippen LogP contribution < -0.4 is 10.6 Å². The molecule has 1 aromatic carbocycles. The lowest BCUT2D eigenvalue weighted by Gasteiger charge is -2.22. The van der Waals surface area contributed by atoms with Gasteiger partial charge in [-0.3, -0.25) is 4.79 Å². The van der Waals surface area contributed by atoms with Crippen LogP contribution in [0.5, 0.6) is 0 Å². The van der Waals surface area contributed by atoms with Gasteiger partial charge in [0.1, 0.15) is 0 Å². The molecule has 0 bridgehead atoms. The third-order valence-corrected chi connectivity index (χ3v) is 5.38. The number of nitrogens with zero attached hydrogens (tertiary/aromatic N) is 2. The molecule has 1 amide bonds. The number of para-hydroxylation sites is 1. The van der Waals surface area contributed by atoms with Crippen molar-refractivity contribution in [3.63, 3.8) is 0 Å². The highest BCUT2D eigenvalue weighted by atomic mass is 35.5. The highest BCUT2D eigenvalue weighted by Crippen LogP contribution is 2.27.